The van der Waals surface area contributed by atoms with E-state index < -0.39 is 21.7 Å². The number of benzene rings is 2. The molecule has 0 bridgehead atoms. The van der Waals surface area contributed by atoms with Crippen LogP contribution in [0.5, 0.6) is 11.5 Å². The van der Waals surface area contributed by atoms with Gasteiger partial charge in [0.05, 0.1) is 5.75 Å². The molecule has 2 rings (SSSR count). The Morgan fingerprint density at radius 2 is 1.81 bits per heavy atom. The van der Waals surface area contributed by atoms with Crippen molar-refractivity contribution >= 4 is 27.7 Å². The van der Waals surface area contributed by atoms with Crippen LogP contribution in [0, 0.1) is 11.6 Å². The van der Waals surface area contributed by atoms with Gasteiger partial charge in [-0.15, -0.1) is 0 Å². The Kier molecular flexibility index (Phi) is 7.93. The van der Waals surface area contributed by atoms with Crippen LogP contribution in [0.4, 0.5) is 14.5 Å². The largest absolute Gasteiger partial charge is 0.454 e. The van der Waals surface area contributed by atoms with Crippen LogP contribution in [-0.2, 0) is 14.8 Å². The van der Waals surface area contributed by atoms with Gasteiger partial charge in [-0.2, -0.15) is 0 Å². The standard InChI is InChI=1S/C22H24F2N2O4S/c1-5-31(28,29)25-18-7-9-21(30-22-8-6-17(23)11-20(22)24)19(12-18)16(10-15(2)3)13-26(4)14-27/h6-14,25H,5H2,1-4H3/b16-13+. The van der Waals surface area contributed by atoms with Crippen molar-refractivity contribution in [3.63, 3.8) is 0 Å². The summed E-state index contributed by atoms with van der Waals surface area (Å²) in [6, 6.07) is 7.38. The van der Waals surface area contributed by atoms with Crippen LogP contribution in [0.1, 0.15) is 26.3 Å². The predicted octanol–water partition coefficient (Wildman–Crippen LogP) is 4.91. The molecule has 0 saturated heterocycles. The van der Waals surface area contributed by atoms with Crippen molar-refractivity contribution < 1.29 is 26.7 Å². The second-order valence-corrected chi connectivity index (χ2v) is 8.98. The molecule has 166 valence electrons. The number of ether oxygens (including phenoxy) is 1. The Morgan fingerprint density at radius 3 is 2.39 bits per heavy atom. The lowest BCUT2D eigenvalue weighted by atomic mass is 10.0. The van der Waals surface area contributed by atoms with Crippen molar-refractivity contribution in [3.8, 4) is 11.5 Å². The van der Waals surface area contributed by atoms with Gasteiger partial charge in [-0.25, -0.2) is 17.2 Å². The smallest absolute Gasteiger partial charge is 0.232 e. The minimum atomic E-state index is -3.54. The highest BCUT2D eigenvalue weighted by molar-refractivity contribution is 7.92. The third-order valence-electron chi connectivity index (χ3n) is 4.01. The molecule has 0 aliphatic heterocycles. The monoisotopic (exact) mass is 450 g/mol. The summed E-state index contributed by atoms with van der Waals surface area (Å²) in [7, 11) is -2.01. The molecule has 9 heteroatoms. The van der Waals surface area contributed by atoms with E-state index in [0.29, 0.717) is 23.6 Å². The summed E-state index contributed by atoms with van der Waals surface area (Å²) in [5.74, 6) is -1.77. The van der Waals surface area contributed by atoms with E-state index >= 15 is 0 Å². The first-order valence-electron chi connectivity index (χ1n) is 9.36. The number of halogens is 2. The molecule has 2 aromatic carbocycles. The summed E-state index contributed by atoms with van der Waals surface area (Å²) >= 11 is 0. The summed E-state index contributed by atoms with van der Waals surface area (Å²) < 4.78 is 59.5. The van der Waals surface area contributed by atoms with Gasteiger partial charge >= 0.3 is 0 Å². The normalized spacial score (nSPS) is 11.6. The zero-order valence-corrected chi connectivity index (χ0v) is 18.5. The van der Waals surface area contributed by atoms with Gasteiger partial charge in [0, 0.05) is 36.1 Å². The first-order chi connectivity index (χ1) is 14.5. The van der Waals surface area contributed by atoms with E-state index in [0.717, 1.165) is 17.7 Å². The number of anilines is 1. The van der Waals surface area contributed by atoms with Gasteiger partial charge in [-0.05, 0) is 51.1 Å². The first-order valence-corrected chi connectivity index (χ1v) is 11.0. The molecular weight excluding hydrogens is 426 g/mol. The second kappa shape index (κ2) is 10.2. The van der Waals surface area contributed by atoms with Gasteiger partial charge < -0.3 is 9.64 Å². The maximum Gasteiger partial charge on any atom is 0.232 e. The average molecular weight is 451 g/mol. The fourth-order valence-corrected chi connectivity index (χ4v) is 3.21. The summed E-state index contributed by atoms with van der Waals surface area (Å²) in [5, 5.41) is 0. The Balaban J connectivity index is 2.66. The minimum absolute atomic E-state index is 0.119. The van der Waals surface area contributed by atoms with Crippen molar-refractivity contribution in [1.29, 1.82) is 0 Å². The molecule has 6 nitrogen and oxygen atoms in total. The third kappa shape index (κ3) is 6.92. The Hall–Kier alpha value is -3.20. The molecule has 0 aromatic heterocycles. The van der Waals surface area contributed by atoms with Crippen LogP contribution in [-0.4, -0.2) is 32.5 Å². The molecule has 0 spiro atoms. The van der Waals surface area contributed by atoms with E-state index in [-0.39, 0.29) is 22.9 Å². The van der Waals surface area contributed by atoms with Crippen LogP contribution >= 0.6 is 0 Å². The zero-order valence-electron chi connectivity index (χ0n) is 17.6. The van der Waals surface area contributed by atoms with Crippen molar-refractivity contribution in [3.05, 3.63) is 71.4 Å². The van der Waals surface area contributed by atoms with E-state index in [1.165, 1.54) is 43.3 Å². The van der Waals surface area contributed by atoms with Gasteiger partial charge in [0.15, 0.2) is 11.6 Å². The van der Waals surface area contributed by atoms with E-state index in [4.69, 9.17) is 4.74 Å². The molecule has 0 unspecified atom stereocenters. The lowest BCUT2D eigenvalue weighted by Crippen LogP contribution is -2.14. The summed E-state index contributed by atoms with van der Waals surface area (Å²) in [5.41, 5.74) is 2.08. The lowest BCUT2D eigenvalue weighted by molar-refractivity contribution is -0.114. The van der Waals surface area contributed by atoms with Gasteiger partial charge in [0.25, 0.3) is 0 Å². The van der Waals surface area contributed by atoms with Crippen molar-refractivity contribution in [2.45, 2.75) is 20.8 Å². The van der Waals surface area contributed by atoms with Crippen molar-refractivity contribution in [2.24, 2.45) is 0 Å². The number of sulfonamides is 1. The van der Waals surface area contributed by atoms with Gasteiger partial charge in [0.2, 0.25) is 16.4 Å². The highest BCUT2D eigenvalue weighted by Crippen LogP contribution is 2.35. The van der Waals surface area contributed by atoms with E-state index in [1.807, 2.05) is 13.8 Å². The number of allylic oxidation sites excluding steroid dienone is 3. The molecule has 0 aliphatic rings. The molecule has 0 atom stereocenters. The van der Waals surface area contributed by atoms with Gasteiger partial charge in [0.1, 0.15) is 11.6 Å². The molecule has 0 heterocycles. The number of nitrogens with one attached hydrogen (secondary N) is 1. The van der Waals surface area contributed by atoms with Gasteiger partial charge in [-0.1, -0.05) is 11.6 Å². The van der Waals surface area contributed by atoms with Crippen molar-refractivity contribution in [2.75, 3.05) is 17.5 Å². The first kappa shape index (κ1) is 24.1. The van der Waals surface area contributed by atoms with Crippen LogP contribution in [0.25, 0.3) is 5.57 Å². The summed E-state index contributed by atoms with van der Waals surface area (Å²) in [4.78, 5) is 12.4. The molecule has 1 amide bonds. The molecule has 1 N–H and O–H groups in total. The Bertz CT molecular complexity index is 1120. The quantitative estimate of drug-likeness (QED) is 0.435. The fourth-order valence-electron chi connectivity index (χ4n) is 2.58. The zero-order chi connectivity index (χ0) is 23.2. The van der Waals surface area contributed by atoms with Crippen LogP contribution in [0.15, 0.2) is 54.2 Å². The minimum Gasteiger partial charge on any atom is -0.454 e. The van der Waals surface area contributed by atoms with E-state index in [1.54, 1.807) is 6.08 Å². The van der Waals surface area contributed by atoms with Crippen LogP contribution in [0.3, 0.4) is 0 Å². The number of amides is 1. The number of nitrogens with zero attached hydrogens (tertiary/aromatic N) is 1. The highest BCUT2D eigenvalue weighted by Gasteiger charge is 2.15. The summed E-state index contributed by atoms with van der Waals surface area (Å²) in [6.45, 7) is 5.20. The predicted molar refractivity (Wildman–Crippen MR) is 117 cm³/mol. The maximum absolute atomic E-state index is 14.2. The number of carbonyl (C=O) groups excluding carboxylic acids is 1. The van der Waals surface area contributed by atoms with Gasteiger partial charge in [-0.3, -0.25) is 9.52 Å². The highest BCUT2D eigenvalue weighted by atomic mass is 32.2. The maximum atomic E-state index is 14.2. The van der Waals surface area contributed by atoms with E-state index in [2.05, 4.69) is 4.72 Å². The number of rotatable bonds is 9. The average Bonchev–Trinajstić information content (AvgIpc) is 2.69. The fraction of sp³-hybridized carbons (Fsp3) is 0.227. The molecular formula is C22H24F2N2O4S. The molecule has 2 aromatic rings. The molecule has 0 aliphatic carbocycles. The van der Waals surface area contributed by atoms with Crippen LogP contribution < -0.4 is 9.46 Å². The summed E-state index contributed by atoms with van der Waals surface area (Å²) in [6.07, 6.45) is 3.89. The molecule has 31 heavy (non-hydrogen) atoms. The lowest BCUT2D eigenvalue weighted by Gasteiger charge is -2.17. The third-order valence-corrected chi connectivity index (χ3v) is 5.32. The molecule has 0 saturated carbocycles. The van der Waals surface area contributed by atoms with Crippen LogP contribution in [0.2, 0.25) is 0 Å². The number of carbonyl (C=O) groups is 1. The SMILES string of the molecule is CCS(=O)(=O)Nc1ccc(Oc2ccc(F)cc2F)c(/C(C=C(C)C)=C/N(C)C=O)c1. The topological polar surface area (TPSA) is 75.7 Å². The second-order valence-electron chi connectivity index (χ2n) is 6.97. The number of hydrogen-bond acceptors (Lipinski definition) is 4. The van der Waals surface area contributed by atoms with E-state index in [9.17, 15) is 22.0 Å². The Morgan fingerprint density at radius 1 is 1.13 bits per heavy atom. The molecule has 0 fully saturated rings. The number of hydrogen-bond donors (Lipinski definition) is 1. The molecule has 0 radical (unpaired) electrons. The van der Waals surface area contributed by atoms with Crippen molar-refractivity contribution in [1.82, 2.24) is 4.90 Å². The Labute approximate surface area is 180 Å².